The van der Waals surface area contributed by atoms with E-state index in [1.54, 1.807) is 0 Å². The number of carbonyl (C=O) groups excluding carboxylic acids is 1. The number of carbonyl (C=O) groups is 1. The highest BCUT2D eigenvalue weighted by Crippen LogP contribution is 2.30. The second kappa shape index (κ2) is 7.46. The number of fused-ring (bicyclic) bond motifs is 1. The Balaban J connectivity index is 2.31. The molecular formula is C17H26N2O2. The molecule has 0 fully saturated rings. The number of benzene rings is 1. The molecule has 0 spiro atoms. The molecule has 1 amide bonds. The van der Waals surface area contributed by atoms with Crippen molar-refractivity contribution >= 4 is 5.91 Å². The molecule has 2 N–H and O–H groups in total. The topological polar surface area (TPSA) is 50.4 Å². The largest absolute Gasteiger partial charge is 0.491 e. The smallest absolute Gasteiger partial charge is 0.255 e. The molecule has 1 aromatic rings. The molecule has 4 heteroatoms. The Hall–Kier alpha value is -1.55. The monoisotopic (exact) mass is 290 g/mol. The van der Waals surface area contributed by atoms with Crippen LogP contribution in [0.4, 0.5) is 0 Å². The number of hydrogen-bond acceptors (Lipinski definition) is 3. The second-order valence-electron chi connectivity index (χ2n) is 5.66. The minimum atomic E-state index is -0.0391. The zero-order valence-corrected chi connectivity index (χ0v) is 13.2. The van der Waals surface area contributed by atoms with Crippen LogP contribution in [-0.4, -0.2) is 25.6 Å². The fraction of sp³-hybridized carbons (Fsp3) is 0.588. The fourth-order valence-corrected chi connectivity index (χ4v) is 2.95. The van der Waals surface area contributed by atoms with Gasteiger partial charge in [-0.1, -0.05) is 33.3 Å². The fourth-order valence-electron chi connectivity index (χ4n) is 2.95. The van der Waals surface area contributed by atoms with Crippen molar-refractivity contribution < 1.29 is 9.53 Å². The van der Waals surface area contributed by atoms with Gasteiger partial charge < -0.3 is 15.4 Å². The minimum absolute atomic E-state index is 0.0391. The van der Waals surface area contributed by atoms with Crippen molar-refractivity contribution in [3.8, 4) is 5.75 Å². The third-order valence-electron chi connectivity index (χ3n) is 3.99. The standard InChI is InChI=1S/C17H26N2O2/c1-4-6-12(3)16(18-5-2)13-7-8-15-14(11-13)17(20)19-9-10-21-15/h7-8,11-12,16,18H,4-6,9-10H2,1-3H3,(H,19,20). The molecule has 1 aromatic carbocycles. The Morgan fingerprint density at radius 1 is 1.38 bits per heavy atom. The SMILES string of the molecule is CCCC(C)C(NCC)c1ccc2c(c1)C(=O)NCCO2. The van der Waals surface area contributed by atoms with Crippen molar-refractivity contribution in [2.75, 3.05) is 19.7 Å². The van der Waals surface area contributed by atoms with E-state index in [-0.39, 0.29) is 11.9 Å². The van der Waals surface area contributed by atoms with Gasteiger partial charge in [0.05, 0.1) is 12.1 Å². The van der Waals surface area contributed by atoms with Gasteiger partial charge in [-0.3, -0.25) is 4.79 Å². The maximum atomic E-state index is 12.1. The van der Waals surface area contributed by atoms with Crippen molar-refractivity contribution in [1.29, 1.82) is 0 Å². The summed E-state index contributed by atoms with van der Waals surface area (Å²) in [6.07, 6.45) is 2.33. The summed E-state index contributed by atoms with van der Waals surface area (Å²) in [5.74, 6) is 1.18. The molecule has 0 saturated heterocycles. The van der Waals surface area contributed by atoms with Crippen LogP contribution in [0.15, 0.2) is 18.2 Å². The molecule has 4 nitrogen and oxygen atoms in total. The maximum absolute atomic E-state index is 12.1. The van der Waals surface area contributed by atoms with E-state index in [2.05, 4.69) is 37.5 Å². The van der Waals surface area contributed by atoms with E-state index in [0.29, 0.717) is 30.4 Å². The zero-order valence-electron chi connectivity index (χ0n) is 13.2. The lowest BCUT2D eigenvalue weighted by molar-refractivity contribution is 0.0957. The molecule has 2 unspecified atom stereocenters. The average molecular weight is 290 g/mol. The summed E-state index contributed by atoms with van der Waals surface area (Å²) in [5.41, 5.74) is 1.81. The molecule has 2 rings (SSSR count). The normalized spacial score (nSPS) is 17.2. The van der Waals surface area contributed by atoms with Crippen molar-refractivity contribution in [2.45, 2.75) is 39.7 Å². The van der Waals surface area contributed by atoms with E-state index < -0.39 is 0 Å². The molecule has 1 aliphatic rings. The van der Waals surface area contributed by atoms with Crippen LogP contribution in [-0.2, 0) is 0 Å². The lowest BCUT2D eigenvalue weighted by Gasteiger charge is -2.25. The van der Waals surface area contributed by atoms with E-state index in [9.17, 15) is 4.79 Å². The van der Waals surface area contributed by atoms with E-state index in [1.165, 1.54) is 0 Å². The summed E-state index contributed by atoms with van der Waals surface area (Å²) in [6, 6.07) is 6.27. The van der Waals surface area contributed by atoms with Crippen LogP contribution in [0.25, 0.3) is 0 Å². The molecule has 0 aromatic heterocycles. The highest BCUT2D eigenvalue weighted by molar-refractivity contribution is 5.97. The molecule has 116 valence electrons. The van der Waals surface area contributed by atoms with Gasteiger partial charge >= 0.3 is 0 Å². The van der Waals surface area contributed by atoms with Crippen LogP contribution in [0.2, 0.25) is 0 Å². The Kier molecular flexibility index (Phi) is 5.62. The quantitative estimate of drug-likeness (QED) is 0.847. The van der Waals surface area contributed by atoms with Crippen LogP contribution >= 0.6 is 0 Å². The molecule has 0 bridgehead atoms. The molecule has 0 aliphatic carbocycles. The van der Waals surface area contributed by atoms with Crippen LogP contribution < -0.4 is 15.4 Å². The van der Waals surface area contributed by atoms with Gasteiger partial charge in [0.15, 0.2) is 0 Å². The van der Waals surface area contributed by atoms with Crippen LogP contribution in [0.3, 0.4) is 0 Å². The summed E-state index contributed by atoms with van der Waals surface area (Å²) >= 11 is 0. The molecule has 0 saturated carbocycles. The van der Waals surface area contributed by atoms with E-state index in [4.69, 9.17) is 4.74 Å². The van der Waals surface area contributed by atoms with Crippen LogP contribution in [0.5, 0.6) is 5.75 Å². The van der Waals surface area contributed by atoms with Crippen LogP contribution in [0.1, 0.15) is 55.6 Å². The van der Waals surface area contributed by atoms with Gasteiger partial charge in [0.2, 0.25) is 0 Å². The molecule has 0 radical (unpaired) electrons. The molecule has 1 aliphatic heterocycles. The average Bonchev–Trinajstić information content (AvgIpc) is 2.67. The number of ether oxygens (including phenoxy) is 1. The minimum Gasteiger partial charge on any atom is -0.491 e. The van der Waals surface area contributed by atoms with Gasteiger partial charge in [0.1, 0.15) is 12.4 Å². The predicted molar refractivity (Wildman–Crippen MR) is 84.8 cm³/mol. The summed E-state index contributed by atoms with van der Waals surface area (Å²) < 4.78 is 5.62. The molecule has 2 atom stereocenters. The first-order chi connectivity index (χ1) is 10.2. The third-order valence-corrected chi connectivity index (χ3v) is 3.99. The summed E-state index contributed by atoms with van der Waals surface area (Å²) in [7, 11) is 0. The number of hydrogen-bond donors (Lipinski definition) is 2. The van der Waals surface area contributed by atoms with Gasteiger partial charge in [0.25, 0.3) is 5.91 Å². The lowest BCUT2D eigenvalue weighted by atomic mass is 9.90. The first-order valence-corrected chi connectivity index (χ1v) is 7.95. The van der Waals surface area contributed by atoms with Crippen molar-refractivity contribution in [1.82, 2.24) is 10.6 Å². The number of nitrogens with one attached hydrogen (secondary N) is 2. The van der Waals surface area contributed by atoms with E-state index >= 15 is 0 Å². The third kappa shape index (κ3) is 3.76. The lowest BCUT2D eigenvalue weighted by Crippen LogP contribution is -2.28. The molecule has 1 heterocycles. The molecule has 21 heavy (non-hydrogen) atoms. The Bertz CT molecular complexity index is 488. The van der Waals surface area contributed by atoms with Gasteiger partial charge in [-0.25, -0.2) is 0 Å². The highest BCUT2D eigenvalue weighted by atomic mass is 16.5. The Morgan fingerprint density at radius 2 is 2.19 bits per heavy atom. The first kappa shape index (κ1) is 15.8. The summed E-state index contributed by atoms with van der Waals surface area (Å²) in [6.45, 7) is 8.59. The number of amides is 1. The highest BCUT2D eigenvalue weighted by Gasteiger charge is 2.22. The maximum Gasteiger partial charge on any atom is 0.255 e. The van der Waals surface area contributed by atoms with Gasteiger partial charge in [-0.2, -0.15) is 0 Å². The molecular weight excluding hydrogens is 264 g/mol. The zero-order chi connectivity index (χ0) is 15.2. The van der Waals surface area contributed by atoms with E-state index in [0.717, 1.165) is 24.9 Å². The van der Waals surface area contributed by atoms with Crippen molar-refractivity contribution in [3.63, 3.8) is 0 Å². The Morgan fingerprint density at radius 3 is 2.90 bits per heavy atom. The first-order valence-electron chi connectivity index (χ1n) is 7.95. The number of rotatable bonds is 6. The van der Waals surface area contributed by atoms with Crippen LogP contribution in [0, 0.1) is 5.92 Å². The van der Waals surface area contributed by atoms with E-state index in [1.807, 2.05) is 12.1 Å². The van der Waals surface area contributed by atoms with Gasteiger partial charge in [-0.15, -0.1) is 0 Å². The van der Waals surface area contributed by atoms with Gasteiger partial charge in [0, 0.05) is 6.04 Å². The second-order valence-corrected chi connectivity index (χ2v) is 5.66. The predicted octanol–water partition coefficient (Wildman–Crippen LogP) is 2.90. The van der Waals surface area contributed by atoms with Gasteiger partial charge in [-0.05, 0) is 36.6 Å². The van der Waals surface area contributed by atoms with Crippen molar-refractivity contribution in [3.05, 3.63) is 29.3 Å². The Labute approximate surface area is 127 Å². The summed E-state index contributed by atoms with van der Waals surface area (Å²) in [4.78, 5) is 12.1. The van der Waals surface area contributed by atoms with Crippen molar-refractivity contribution in [2.24, 2.45) is 5.92 Å². The summed E-state index contributed by atoms with van der Waals surface area (Å²) in [5, 5.41) is 6.42.